The minimum absolute atomic E-state index is 0.158. The van der Waals surface area contributed by atoms with Crippen molar-refractivity contribution in [3.8, 4) is 0 Å². The Kier molecular flexibility index (Phi) is 3.00. The van der Waals surface area contributed by atoms with Gasteiger partial charge in [-0.3, -0.25) is 4.79 Å². The molecule has 0 saturated carbocycles. The van der Waals surface area contributed by atoms with E-state index in [-0.39, 0.29) is 5.56 Å². The van der Waals surface area contributed by atoms with E-state index < -0.39 is 0 Å². The van der Waals surface area contributed by atoms with Gasteiger partial charge in [-0.05, 0) is 0 Å². The molecule has 0 fully saturated rings. The molecule has 0 aliphatic carbocycles. The van der Waals surface area contributed by atoms with Crippen LogP contribution < -0.4 is 10.9 Å². The molecule has 0 bridgehead atoms. The molecule has 6 nitrogen and oxygen atoms in total. The van der Waals surface area contributed by atoms with Crippen LogP contribution in [-0.2, 0) is 13.0 Å². The molecule has 0 aromatic carbocycles. The lowest BCUT2D eigenvalue weighted by Crippen LogP contribution is -2.13. The second-order valence-corrected chi connectivity index (χ2v) is 3.28. The highest BCUT2D eigenvalue weighted by molar-refractivity contribution is 5.33. The van der Waals surface area contributed by atoms with Gasteiger partial charge in [0.2, 0.25) is 0 Å². The second kappa shape index (κ2) is 4.61. The summed E-state index contributed by atoms with van der Waals surface area (Å²) in [6.07, 6.45) is 2.19. The van der Waals surface area contributed by atoms with Crippen molar-refractivity contribution >= 4 is 5.82 Å². The molecule has 84 valence electrons. The number of hydrogen-bond donors (Lipinski definition) is 2. The van der Waals surface area contributed by atoms with Crippen LogP contribution in [0.5, 0.6) is 0 Å². The van der Waals surface area contributed by atoms with E-state index >= 15 is 0 Å². The lowest BCUT2D eigenvalue weighted by Gasteiger charge is -2.03. The Bertz CT molecular complexity index is 504. The normalized spacial score (nSPS) is 10.3. The van der Waals surface area contributed by atoms with Crippen molar-refractivity contribution in [1.29, 1.82) is 0 Å². The quantitative estimate of drug-likeness (QED) is 0.800. The van der Waals surface area contributed by atoms with Crippen molar-refractivity contribution < 1.29 is 4.52 Å². The van der Waals surface area contributed by atoms with E-state index in [4.69, 9.17) is 4.52 Å². The zero-order valence-electron chi connectivity index (χ0n) is 8.86. The van der Waals surface area contributed by atoms with Gasteiger partial charge in [0.15, 0.2) is 0 Å². The van der Waals surface area contributed by atoms with Crippen LogP contribution in [0.3, 0.4) is 0 Å². The standard InChI is InChI=1S/C10H12N4O2/c1-2-8-12-9(5-10(15)13-8)11-6-7-3-4-16-14-7/h3-5H,2,6H2,1H3,(H2,11,12,13,15). The van der Waals surface area contributed by atoms with Crippen LogP contribution in [0.25, 0.3) is 0 Å². The van der Waals surface area contributed by atoms with Crippen LogP contribution in [0, 0.1) is 0 Å². The average molecular weight is 220 g/mol. The second-order valence-electron chi connectivity index (χ2n) is 3.28. The molecule has 0 aliphatic rings. The maximum absolute atomic E-state index is 11.3. The zero-order valence-corrected chi connectivity index (χ0v) is 8.86. The summed E-state index contributed by atoms with van der Waals surface area (Å²) in [6, 6.07) is 3.17. The Hall–Kier alpha value is -2.11. The summed E-state index contributed by atoms with van der Waals surface area (Å²) in [5, 5.41) is 6.75. The summed E-state index contributed by atoms with van der Waals surface area (Å²) in [7, 11) is 0. The monoisotopic (exact) mass is 220 g/mol. The predicted octanol–water partition coefficient (Wildman–Crippen LogP) is 0.932. The molecule has 0 aliphatic heterocycles. The van der Waals surface area contributed by atoms with Crippen molar-refractivity contribution in [3.63, 3.8) is 0 Å². The van der Waals surface area contributed by atoms with Crippen molar-refractivity contribution in [3.05, 3.63) is 40.3 Å². The molecule has 6 heteroatoms. The molecule has 2 aromatic rings. The summed E-state index contributed by atoms with van der Waals surface area (Å²) in [5.74, 6) is 1.21. The number of aromatic nitrogens is 3. The van der Waals surface area contributed by atoms with Crippen LogP contribution in [0.15, 0.2) is 27.7 Å². The minimum Gasteiger partial charge on any atom is -0.364 e. The van der Waals surface area contributed by atoms with Crippen molar-refractivity contribution in [2.45, 2.75) is 19.9 Å². The van der Waals surface area contributed by atoms with E-state index in [1.807, 2.05) is 6.92 Å². The number of rotatable bonds is 4. The van der Waals surface area contributed by atoms with Gasteiger partial charge in [0.1, 0.15) is 23.6 Å². The smallest absolute Gasteiger partial charge is 0.252 e. The highest BCUT2D eigenvalue weighted by atomic mass is 16.5. The number of anilines is 1. The highest BCUT2D eigenvalue weighted by Crippen LogP contribution is 2.02. The third-order valence-electron chi connectivity index (χ3n) is 2.07. The summed E-state index contributed by atoms with van der Waals surface area (Å²) >= 11 is 0. The molecule has 0 saturated heterocycles. The average Bonchev–Trinajstić information content (AvgIpc) is 2.78. The lowest BCUT2D eigenvalue weighted by molar-refractivity contribution is 0.412. The third-order valence-corrected chi connectivity index (χ3v) is 2.07. The predicted molar refractivity (Wildman–Crippen MR) is 58.1 cm³/mol. The van der Waals surface area contributed by atoms with Gasteiger partial charge in [0, 0.05) is 18.6 Å². The van der Waals surface area contributed by atoms with Gasteiger partial charge in [-0.2, -0.15) is 0 Å². The molecule has 0 atom stereocenters. The molecule has 2 heterocycles. The SMILES string of the molecule is CCc1nc(NCc2ccon2)cc(=O)[nH]1. The van der Waals surface area contributed by atoms with E-state index in [1.54, 1.807) is 6.07 Å². The molecule has 0 spiro atoms. The first-order valence-electron chi connectivity index (χ1n) is 5.01. The molecule has 16 heavy (non-hydrogen) atoms. The Labute approximate surface area is 91.7 Å². The number of nitrogens with one attached hydrogen (secondary N) is 2. The van der Waals surface area contributed by atoms with Gasteiger partial charge in [-0.1, -0.05) is 12.1 Å². The van der Waals surface area contributed by atoms with E-state index in [0.29, 0.717) is 24.6 Å². The topological polar surface area (TPSA) is 83.8 Å². The van der Waals surface area contributed by atoms with Gasteiger partial charge in [-0.15, -0.1) is 0 Å². The zero-order chi connectivity index (χ0) is 11.4. The fourth-order valence-electron chi connectivity index (χ4n) is 1.28. The molecule has 2 aromatic heterocycles. The maximum Gasteiger partial charge on any atom is 0.252 e. The van der Waals surface area contributed by atoms with Gasteiger partial charge in [0.25, 0.3) is 5.56 Å². The van der Waals surface area contributed by atoms with Gasteiger partial charge in [0.05, 0.1) is 6.54 Å². The highest BCUT2D eigenvalue weighted by Gasteiger charge is 2.01. The summed E-state index contributed by atoms with van der Waals surface area (Å²) in [5.41, 5.74) is 0.606. The first-order valence-corrected chi connectivity index (χ1v) is 5.01. The van der Waals surface area contributed by atoms with Crippen molar-refractivity contribution in [2.24, 2.45) is 0 Å². The molecular formula is C10H12N4O2. The first kappa shape index (κ1) is 10.4. The van der Waals surface area contributed by atoms with Gasteiger partial charge in [-0.25, -0.2) is 4.98 Å². The third kappa shape index (κ3) is 2.47. The Morgan fingerprint density at radius 2 is 2.44 bits per heavy atom. The van der Waals surface area contributed by atoms with Gasteiger partial charge >= 0.3 is 0 Å². The van der Waals surface area contributed by atoms with E-state index in [0.717, 1.165) is 5.69 Å². The molecule has 0 unspecified atom stereocenters. The lowest BCUT2D eigenvalue weighted by atomic mass is 10.4. The Morgan fingerprint density at radius 1 is 1.56 bits per heavy atom. The van der Waals surface area contributed by atoms with Crippen LogP contribution in [0.2, 0.25) is 0 Å². The minimum atomic E-state index is -0.158. The fraction of sp³-hybridized carbons (Fsp3) is 0.300. The molecular weight excluding hydrogens is 208 g/mol. The first-order chi connectivity index (χ1) is 7.78. The number of H-pyrrole nitrogens is 1. The van der Waals surface area contributed by atoms with Gasteiger partial charge < -0.3 is 14.8 Å². The molecule has 2 N–H and O–H groups in total. The molecule has 0 amide bonds. The summed E-state index contributed by atoms with van der Waals surface area (Å²) in [4.78, 5) is 18.1. The number of aryl methyl sites for hydroxylation is 1. The van der Waals surface area contributed by atoms with Crippen LogP contribution in [0.4, 0.5) is 5.82 Å². The number of nitrogens with zero attached hydrogens (tertiary/aromatic N) is 2. The van der Waals surface area contributed by atoms with E-state index in [2.05, 4.69) is 20.4 Å². The fourth-order valence-corrected chi connectivity index (χ4v) is 1.28. The Morgan fingerprint density at radius 3 is 3.12 bits per heavy atom. The van der Waals surface area contributed by atoms with Crippen LogP contribution in [-0.4, -0.2) is 15.1 Å². The van der Waals surface area contributed by atoms with Crippen molar-refractivity contribution in [2.75, 3.05) is 5.32 Å². The number of aromatic amines is 1. The molecule has 0 radical (unpaired) electrons. The van der Waals surface area contributed by atoms with E-state index in [9.17, 15) is 4.79 Å². The maximum atomic E-state index is 11.3. The molecule has 2 rings (SSSR count). The van der Waals surface area contributed by atoms with E-state index in [1.165, 1.54) is 12.3 Å². The van der Waals surface area contributed by atoms with Crippen LogP contribution in [0.1, 0.15) is 18.4 Å². The van der Waals surface area contributed by atoms with Crippen LogP contribution >= 0.6 is 0 Å². The number of hydrogen-bond acceptors (Lipinski definition) is 5. The summed E-state index contributed by atoms with van der Waals surface area (Å²) in [6.45, 7) is 2.41. The Balaban J connectivity index is 2.09. The largest absolute Gasteiger partial charge is 0.364 e. The van der Waals surface area contributed by atoms with Crippen molar-refractivity contribution in [1.82, 2.24) is 15.1 Å². The summed E-state index contributed by atoms with van der Waals surface area (Å²) < 4.78 is 4.69.